The van der Waals surface area contributed by atoms with E-state index >= 15 is 0 Å². The Bertz CT molecular complexity index is 579. The molecule has 0 unspecified atom stereocenters. The number of hydrogen-bond donors (Lipinski definition) is 1. The molecule has 0 atom stereocenters. The predicted octanol–water partition coefficient (Wildman–Crippen LogP) is 3.20. The van der Waals surface area contributed by atoms with Crippen molar-refractivity contribution in [2.24, 2.45) is 11.1 Å². The number of nitrogens with zero attached hydrogens (tertiary/aromatic N) is 1. The normalized spacial score (nSPS) is 11.2. The zero-order valence-electron chi connectivity index (χ0n) is 12.6. The van der Waals surface area contributed by atoms with Gasteiger partial charge in [-0.1, -0.05) is 48.5 Å². The van der Waals surface area contributed by atoms with E-state index in [1.54, 1.807) is 0 Å². The topological polar surface area (TPSA) is 46.3 Å². The molecule has 0 aliphatic rings. The quantitative estimate of drug-likeness (QED) is 0.915. The molecule has 2 N–H and O–H groups in total. The Morgan fingerprint density at radius 2 is 1.52 bits per heavy atom. The first kappa shape index (κ1) is 15.3. The number of carbonyl (C=O) groups excluding carboxylic acids is 1. The average Bonchev–Trinajstić information content (AvgIpc) is 2.53. The summed E-state index contributed by atoms with van der Waals surface area (Å²) >= 11 is 0. The second-order valence-electron chi connectivity index (χ2n) is 5.80. The van der Waals surface area contributed by atoms with E-state index in [-0.39, 0.29) is 5.91 Å². The SMILES string of the molecule is CC(C)(CN)C(=O)N(Cc1ccccc1)c1ccccc1. The van der Waals surface area contributed by atoms with E-state index < -0.39 is 5.41 Å². The van der Waals surface area contributed by atoms with Crippen LogP contribution in [0.25, 0.3) is 0 Å². The van der Waals surface area contributed by atoms with Crippen molar-refractivity contribution in [2.45, 2.75) is 20.4 Å². The molecule has 0 aliphatic heterocycles. The average molecular weight is 282 g/mol. The smallest absolute Gasteiger partial charge is 0.234 e. The van der Waals surface area contributed by atoms with Gasteiger partial charge < -0.3 is 10.6 Å². The summed E-state index contributed by atoms with van der Waals surface area (Å²) in [6.07, 6.45) is 0. The third-order valence-corrected chi connectivity index (χ3v) is 3.59. The molecule has 0 bridgehead atoms. The summed E-state index contributed by atoms with van der Waals surface area (Å²) in [5.41, 5.74) is 7.19. The maximum Gasteiger partial charge on any atom is 0.234 e. The number of rotatable bonds is 5. The Kier molecular flexibility index (Phi) is 4.76. The molecule has 0 fully saturated rings. The molecule has 0 heterocycles. The Morgan fingerprint density at radius 3 is 2.05 bits per heavy atom. The van der Waals surface area contributed by atoms with Crippen molar-refractivity contribution < 1.29 is 4.79 Å². The van der Waals surface area contributed by atoms with Gasteiger partial charge in [0.15, 0.2) is 0 Å². The summed E-state index contributed by atoms with van der Waals surface area (Å²) in [4.78, 5) is 14.7. The van der Waals surface area contributed by atoms with Crippen molar-refractivity contribution in [3.05, 3.63) is 66.2 Å². The molecule has 2 aromatic rings. The minimum Gasteiger partial charge on any atom is -0.329 e. The van der Waals surface area contributed by atoms with Crippen LogP contribution in [0.4, 0.5) is 5.69 Å². The first-order valence-electron chi connectivity index (χ1n) is 7.15. The third kappa shape index (κ3) is 3.70. The summed E-state index contributed by atoms with van der Waals surface area (Å²) in [6, 6.07) is 19.7. The predicted molar refractivity (Wildman–Crippen MR) is 86.9 cm³/mol. The van der Waals surface area contributed by atoms with E-state index in [9.17, 15) is 4.79 Å². The first-order chi connectivity index (χ1) is 10.0. The zero-order chi connectivity index (χ0) is 15.3. The summed E-state index contributed by atoms with van der Waals surface area (Å²) < 4.78 is 0. The van der Waals surface area contributed by atoms with E-state index in [2.05, 4.69) is 0 Å². The lowest BCUT2D eigenvalue weighted by Crippen LogP contribution is -2.44. The van der Waals surface area contributed by atoms with Crippen LogP contribution >= 0.6 is 0 Å². The molecule has 0 aliphatic carbocycles. The number of hydrogen-bond acceptors (Lipinski definition) is 2. The summed E-state index contributed by atoms with van der Waals surface area (Å²) in [7, 11) is 0. The number of anilines is 1. The molecule has 3 heteroatoms. The van der Waals surface area contributed by atoms with E-state index in [0.717, 1.165) is 11.3 Å². The standard InChI is InChI=1S/C18H22N2O/c1-18(2,14-19)17(21)20(16-11-7-4-8-12-16)13-15-9-5-3-6-10-15/h3-12H,13-14,19H2,1-2H3. The van der Waals surface area contributed by atoms with Crippen LogP contribution in [0.1, 0.15) is 19.4 Å². The van der Waals surface area contributed by atoms with Crippen LogP contribution in [-0.2, 0) is 11.3 Å². The molecule has 1 amide bonds. The molecule has 0 aromatic heterocycles. The highest BCUT2D eigenvalue weighted by molar-refractivity contribution is 5.97. The molecule has 0 radical (unpaired) electrons. The van der Waals surface area contributed by atoms with Gasteiger partial charge in [0.1, 0.15) is 0 Å². The minimum absolute atomic E-state index is 0.0417. The van der Waals surface area contributed by atoms with Crippen LogP contribution in [0.5, 0.6) is 0 Å². The second-order valence-corrected chi connectivity index (χ2v) is 5.80. The summed E-state index contributed by atoms with van der Waals surface area (Å²) in [6.45, 7) is 4.64. The summed E-state index contributed by atoms with van der Waals surface area (Å²) in [5, 5.41) is 0. The van der Waals surface area contributed by atoms with Gasteiger partial charge in [-0.2, -0.15) is 0 Å². The Morgan fingerprint density at radius 1 is 1.00 bits per heavy atom. The van der Waals surface area contributed by atoms with Gasteiger partial charge in [0, 0.05) is 12.2 Å². The molecule has 3 nitrogen and oxygen atoms in total. The molecule has 0 saturated carbocycles. The Balaban J connectivity index is 2.34. The van der Waals surface area contributed by atoms with Crippen LogP contribution < -0.4 is 10.6 Å². The molecule has 110 valence electrons. The van der Waals surface area contributed by atoms with Crippen LogP contribution in [0.2, 0.25) is 0 Å². The largest absolute Gasteiger partial charge is 0.329 e. The van der Waals surface area contributed by atoms with Crippen LogP contribution in [0.15, 0.2) is 60.7 Å². The van der Waals surface area contributed by atoms with E-state index in [1.165, 1.54) is 0 Å². The van der Waals surface area contributed by atoms with Gasteiger partial charge in [-0.3, -0.25) is 4.79 Å². The van der Waals surface area contributed by atoms with E-state index in [0.29, 0.717) is 13.1 Å². The fraction of sp³-hybridized carbons (Fsp3) is 0.278. The van der Waals surface area contributed by atoms with Crippen LogP contribution in [0, 0.1) is 5.41 Å². The van der Waals surface area contributed by atoms with Crippen molar-refractivity contribution in [2.75, 3.05) is 11.4 Å². The number of carbonyl (C=O) groups is 1. The van der Waals surface area contributed by atoms with Crippen molar-refractivity contribution >= 4 is 11.6 Å². The van der Waals surface area contributed by atoms with Crippen molar-refractivity contribution in [1.29, 1.82) is 0 Å². The van der Waals surface area contributed by atoms with E-state index in [1.807, 2.05) is 79.4 Å². The fourth-order valence-corrected chi connectivity index (χ4v) is 2.11. The van der Waals surface area contributed by atoms with Crippen molar-refractivity contribution in [3.63, 3.8) is 0 Å². The van der Waals surface area contributed by atoms with Crippen molar-refractivity contribution in [3.8, 4) is 0 Å². The number of para-hydroxylation sites is 1. The van der Waals surface area contributed by atoms with Gasteiger partial charge >= 0.3 is 0 Å². The molecule has 2 rings (SSSR count). The Labute approximate surface area is 126 Å². The lowest BCUT2D eigenvalue weighted by Gasteiger charge is -2.31. The van der Waals surface area contributed by atoms with Crippen LogP contribution in [-0.4, -0.2) is 12.5 Å². The first-order valence-corrected chi connectivity index (χ1v) is 7.15. The van der Waals surface area contributed by atoms with Gasteiger partial charge in [0.2, 0.25) is 5.91 Å². The fourth-order valence-electron chi connectivity index (χ4n) is 2.11. The lowest BCUT2D eigenvalue weighted by molar-refractivity contribution is -0.126. The minimum atomic E-state index is -0.579. The Hall–Kier alpha value is -2.13. The van der Waals surface area contributed by atoms with E-state index in [4.69, 9.17) is 5.73 Å². The van der Waals surface area contributed by atoms with Gasteiger partial charge in [-0.15, -0.1) is 0 Å². The molecule has 0 spiro atoms. The van der Waals surface area contributed by atoms with Gasteiger partial charge in [-0.25, -0.2) is 0 Å². The molecule has 2 aromatic carbocycles. The molecule has 21 heavy (non-hydrogen) atoms. The highest BCUT2D eigenvalue weighted by atomic mass is 16.2. The van der Waals surface area contributed by atoms with Crippen LogP contribution in [0.3, 0.4) is 0 Å². The lowest BCUT2D eigenvalue weighted by atomic mass is 9.91. The second kappa shape index (κ2) is 6.55. The monoisotopic (exact) mass is 282 g/mol. The van der Waals surface area contributed by atoms with Gasteiger partial charge in [0.05, 0.1) is 12.0 Å². The maximum atomic E-state index is 12.8. The molecular weight excluding hydrogens is 260 g/mol. The number of benzene rings is 2. The zero-order valence-corrected chi connectivity index (χ0v) is 12.6. The number of amides is 1. The maximum absolute atomic E-state index is 12.8. The molecular formula is C18H22N2O. The third-order valence-electron chi connectivity index (χ3n) is 3.59. The van der Waals surface area contributed by atoms with Gasteiger partial charge in [0.25, 0.3) is 0 Å². The van der Waals surface area contributed by atoms with Gasteiger partial charge in [-0.05, 0) is 31.5 Å². The number of nitrogens with two attached hydrogens (primary N) is 1. The highest BCUT2D eigenvalue weighted by Crippen LogP contribution is 2.24. The van der Waals surface area contributed by atoms with Crippen molar-refractivity contribution in [1.82, 2.24) is 0 Å². The highest BCUT2D eigenvalue weighted by Gasteiger charge is 2.31. The summed E-state index contributed by atoms with van der Waals surface area (Å²) in [5.74, 6) is 0.0417. The molecule has 0 saturated heterocycles.